The van der Waals surface area contributed by atoms with E-state index < -0.39 is 48.3 Å². The number of ether oxygens (including phenoxy) is 7. The fourth-order valence-corrected chi connectivity index (χ4v) is 6.83. The van der Waals surface area contributed by atoms with E-state index in [-0.39, 0.29) is 49.6 Å². The third-order valence-corrected chi connectivity index (χ3v) is 10.3. The number of carboxylic acids is 1. The molecule has 66 heavy (non-hydrogen) atoms. The number of nitrogens with one attached hydrogen (secondary N) is 1. The summed E-state index contributed by atoms with van der Waals surface area (Å²) >= 11 is 2.15. The number of carbonyl (C=O) groups is 5. The lowest BCUT2D eigenvalue weighted by Crippen LogP contribution is -2.49. The highest BCUT2D eigenvalue weighted by Gasteiger charge is 2.29. The maximum absolute atomic E-state index is 12.5. The molecule has 3 N–H and O–H groups in total. The molecule has 4 atom stereocenters. The van der Waals surface area contributed by atoms with Crippen LogP contribution in [0.4, 0.5) is 11.6 Å². The van der Waals surface area contributed by atoms with Crippen LogP contribution in [-0.4, -0.2) is 177 Å². The van der Waals surface area contributed by atoms with Gasteiger partial charge >= 0.3 is 23.9 Å². The fraction of sp³-hybridized carbons (Fsp3) is 0.786. The van der Waals surface area contributed by atoms with Crippen LogP contribution in [-0.2, 0) is 47.7 Å². The summed E-state index contributed by atoms with van der Waals surface area (Å²) in [6.07, 6.45) is -1.56. The second-order valence-electron chi connectivity index (χ2n) is 17.4. The van der Waals surface area contributed by atoms with Gasteiger partial charge in [-0.25, -0.2) is 9.59 Å². The van der Waals surface area contributed by atoms with Gasteiger partial charge in [-0.1, -0.05) is 13.8 Å². The molecule has 4 rings (SSSR count). The van der Waals surface area contributed by atoms with Crippen LogP contribution in [0.15, 0.2) is 0 Å². The normalized spacial score (nSPS) is 15.9. The number of aromatic nitrogens is 4. The molecule has 0 unspecified atom stereocenters. The zero-order valence-corrected chi connectivity index (χ0v) is 42.0. The summed E-state index contributed by atoms with van der Waals surface area (Å²) in [7, 11) is 0. The van der Waals surface area contributed by atoms with Crippen molar-refractivity contribution in [3.8, 4) is 11.8 Å². The number of esters is 3. The highest BCUT2D eigenvalue weighted by molar-refractivity contribution is 6.99. The summed E-state index contributed by atoms with van der Waals surface area (Å²) in [4.78, 5) is 62.5. The lowest BCUT2D eigenvalue weighted by molar-refractivity contribution is -0.171. The maximum atomic E-state index is 12.5. The zero-order chi connectivity index (χ0) is 49.5. The Morgan fingerprint density at radius 1 is 0.742 bits per heavy atom. The molecule has 4 heterocycles. The molecular weight excluding hydrogens is 905 g/mol. The van der Waals surface area contributed by atoms with E-state index in [0.717, 1.165) is 36.5 Å². The number of rotatable bonds is 21. The third-order valence-electron chi connectivity index (χ3n) is 9.25. The van der Waals surface area contributed by atoms with Gasteiger partial charge in [0.15, 0.2) is 12.2 Å². The van der Waals surface area contributed by atoms with Crippen LogP contribution in [0.25, 0.3) is 0 Å². The number of aliphatic carboxylic acids is 1. The quantitative estimate of drug-likeness (QED) is 0.120. The van der Waals surface area contributed by atoms with Crippen molar-refractivity contribution in [2.24, 2.45) is 0 Å². The zero-order valence-electron chi connectivity index (χ0n) is 40.4. The summed E-state index contributed by atoms with van der Waals surface area (Å²) in [6.45, 7) is 26.1. The van der Waals surface area contributed by atoms with E-state index in [9.17, 15) is 29.1 Å². The number of aliphatic hydroxyl groups is 1. The van der Waals surface area contributed by atoms with Crippen molar-refractivity contribution in [3.63, 3.8) is 0 Å². The Morgan fingerprint density at radius 3 is 1.61 bits per heavy atom. The fourth-order valence-electron chi connectivity index (χ4n) is 5.79. The van der Waals surface area contributed by atoms with Gasteiger partial charge in [0.25, 0.3) is 11.8 Å². The van der Waals surface area contributed by atoms with Crippen molar-refractivity contribution in [2.45, 2.75) is 137 Å². The molecule has 1 amide bonds. The van der Waals surface area contributed by atoms with Gasteiger partial charge in [-0.3, -0.25) is 14.4 Å². The Morgan fingerprint density at radius 2 is 1.20 bits per heavy atom. The van der Waals surface area contributed by atoms with Crippen molar-refractivity contribution >= 4 is 64.9 Å². The molecular formula is C42H72N8O14S2. The standard InChI is InChI=1S/C20H34N4O6S.C15H26N4O4S.C7H12O4/c1-6-7-16(25)29-14(2)19(26)30-15(12-21-20(3,4)5)13-28-18-17(22-31-23-18)24-8-10-27-11-9-24;1-11(20)19(15(2,3)4)9-12(21)10-23-14-13(16-24-17-14)18-5-7-22-8-6-18;1-3-4-6(8)11-5(2)7(9)10/h14-15,21H,6-13H2,1-5H3;12,21H,5-10H2,1-4H3;5H,3-4H2,1-2H3,(H,9,10)/t14-,15+;12-;5-/m101/s1. The molecule has 2 aromatic heterocycles. The number of carboxylic acid groups (broad SMARTS) is 1. The van der Waals surface area contributed by atoms with Gasteiger partial charge in [0.05, 0.1) is 56.4 Å². The molecule has 22 nitrogen and oxygen atoms in total. The minimum atomic E-state index is -1.12. The van der Waals surface area contributed by atoms with Crippen LogP contribution in [0.3, 0.4) is 0 Å². The topological polar surface area (TPSA) is 264 Å². The first-order valence-electron chi connectivity index (χ1n) is 22.2. The van der Waals surface area contributed by atoms with Crippen LogP contribution >= 0.6 is 23.5 Å². The van der Waals surface area contributed by atoms with E-state index in [1.165, 1.54) is 20.8 Å². The van der Waals surface area contributed by atoms with Gasteiger partial charge in [0.1, 0.15) is 25.4 Å². The number of amides is 1. The number of aliphatic hydroxyl groups excluding tert-OH is 1. The molecule has 2 fully saturated rings. The Hall–Kier alpha value is -4.49. The molecule has 0 aliphatic carbocycles. The number of carbonyl (C=O) groups excluding carboxylic acids is 4. The van der Waals surface area contributed by atoms with E-state index in [1.807, 2.05) is 55.4 Å². The Balaban J connectivity index is 0.000000378. The summed E-state index contributed by atoms with van der Waals surface area (Å²) in [5.74, 6) is -0.492. The number of nitrogens with zero attached hydrogens (tertiary/aromatic N) is 7. The molecule has 0 saturated carbocycles. The smallest absolute Gasteiger partial charge is 0.347 e. The molecule has 0 radical (unpaired) electrons. The molecule has 2 saturated heterocycles. The molecule has 24 heteroatoms. The van der Waals surface area contributed by atoms with Gasteiger partial charge in [-0.15, -0.1) is 8.75 Å². The van der Waals surface area contributed by atoms with Gasteiger partial charge < -0.3 is 63.4 Å². The molecule has 2 aliphatic rings. The molecule has 0 bridgehead atoms. The Bertz CT molecular complexity index is 1760. The first kappa shape index (κ1) is 57.6. The Kier molecular flexibility index (Phi) is 25.6. The predicted octanol–water partition coefficient (Wildman–Crippen LogP) is 3.35. The summed E-state index contributed by atoms with van der Waals surface area (Å²) in [5, 5.41) is 21.9. The van der Waals surface area contributed by atoms with Crippen LogP contribution in [0.5, 0.6) is 11.8 Å². The maximum Gasteiger partial charge on any atom is 0.347 e. The Labute approximate surface area is 396 Å². The van der Waals surface area contributed by atoms with Crippen LogP contribution in [0.1, 0.15) is 102 Å². The van der Waals surface area contributed by atoms with Crippen molar-refractivity contribution < 1.29 is 67.3 Å². The first-order valence-corrected chi connectivity index (χ1v) is 23.6. The van der Waals surface area contributed by atoms with Crippen molar-refractivity contribution in [1.29, 1.82) is 0 Å². The van der Waals surface area contributed by atoms with E-state index in [4.69, 9.17) is 33.5 Å². The molecule has 2 aliphatic heterocycles. The summed E-state index contributed by atoms with van der Waals surface area (Å²) in [5.41, 5.74) is -0.529. The SMILES string of the molecule is CC(=O)N(C[C@H](O)COc1nsnc1N1CCOCC1)C(C)(C)C.CCCC(=O)O[C@H](C)C(=O)O.CCCC(=O)O[C@H](C)C(=O)O[C@@H](CNC(C)(C)C)COc1nsnc1N1CCOCC1. The van der Waals surface area contributed by atoms with Crippen LogP contribution < -0.4 is 24.6 Å². The molecule has 0 aromatic carbocycles. The lowest BCUT2D eigenvalue weighted by atomic mass is 10.1. The van der Waals surface area contributed by atoms with Crippen molar-refractivity contribution in [3.05, 3.63) is 0 Å². The molecule has 0 spiro atoms. The van der Waals surface area contributed by atoms with Crippen molar-refractivity contribution in [2.75, 3.05) is 88.7 Å². The number of β-amino-alcohol motifs (C(OH)–C–C–N with tert-alkyl or cyclic N) is 1. The minimum Gasteiger partial charge on any atom is -0.479 e. The van der Waals surface area contributed by atoms with Crippen LogP contribution in [0, 0.1) is 0 Å². The first-order chi connectivity index (χ1) is 31.1. The number of anilines is 2. The highest BCUT2D eigenvalue weighted by Crippen LogP contribution is 2.28. The average molecular weight is 977 g/mol. The monoisotopic (exact) mass is 976 g/mol. The number of hydrogen-bond acceptors (Lipinski definition) is 22. The summed E-state index contributed by atoms with van der Waals surface area (Å²) < 4.78 is 54.5. The highest BCUT2D eigenvalue weighted by atomic mass is 32.1. The largest absolute Gasteiger partial charge is 0.479 e. The number of hydrogen-bond donors (Lipinski definition) is 3. The van der Waals surface area contributed by atoms with Gasteiger partial charge in [-0.05, 0) is 68.2 Å². The van der Waals surface area contributed by atoms with Gasteiger partial charge in [-0.2, -0.15) is 8.75 Å². The second kappa shape index (κ2) is 29.3. The van der Waals surface area contributed by atoms with Crippen molar-refractivity contribution in [1.82, 2.24) is 27.7 Å². The van der Waals surface area contributed by atoms with E-state index in [0.29, 0.717) is 82.3 Å². The lowest BCUT2D eigenvalue weighted by Gasteiger charge is -2.36. The third kappa shape index (κ3) is 22.3. The van der Waals surface area contributed by atoms with Gasteiger partial charge in [0.2, 0.25) is 17.5 Å². The van der Waals surface area contributed by atoms with E-state index in [1.54, 1.807) is 4.90 Å². The van der Waals surface area contributed by atoms with Crippen LogP contribution in [0.2, 0.25) is 0 Å². The predicted molar refractivity (Wildman–Crippen MR) is 246 cm³/mol. The molecule has 376 valence electrons. The molecule has 2 aromatic rings. The average Bonchev–Trinajstić information content (AvgIpc) is 3.93. The minimum absolute atomic E-state index is 0.0581. The summed E-state index contributed by atoms with van der Waals surface area (Å²) in [6, 6.07) is 0. The van der Waals surface area contributed by atoms with E-state index in [2.05, 4.69) is 37.3 Å². The number of morpholine rings is 2. The van der Waals surface area contributed by atoms with Gasteiger partial charge in [0, 0.05) is 63.6 Å². The second-order valence-corrected chi connectivity index (χ2v) is 18.4. The van der Waals surface area contributed by atoms with E-state index >= 15 is 0 Å².